The number of rotatable bonds is 4. The maximum atomic E-state index is 11.3. The first-order chi connectivity index (χ1) is 7.02. The van der Waals surface area contributed by atoms with Gasteiger partial charge < -0.3 is 5.11 Å². The molecule has 2 fully saturated rings. The van der Waals surface area contributed by atoms with Crippen LogP contribution in [0.3, 0.4) is 0 Å². The lowest BCUT2D eigenvalue weighted by molar-refractivity contribution is -0.169. The predicted molar refractivity (Wildman–Crippen MR) is 58.8 cm³/mol. The molecule has 1 saturated heterocycles. The van der Waals surface area contributed by atoms with Crippen molar-refractivity contribution in [1.29, 1.82) is 0 Å². The Morgan fingerprint density at radius 1 is 1.47 bits per heavy atom. The van der Waals surface area contributed by atoms with Crippen molar-refractivity contribution in [1.82, 2.24) is 4.90 Å². The molecule has 2 aliphatic rings. The van der Waals surface area contributed by atoms with Crippen molar-refractivity contribution in [2.24, 2.45) is 5.41 Å². The first kappa shape index (κ1) is 10.9. The number of likely N-dealkylation sites (tertiary alicyclic amines) is 1. The Morgan fingerprint density at radius 3 is 2.40 bits per heavy atom. The molecular weight excluding hydrogens is 190 g/mol. The topological polar surface area (TPSA) is 40.5 Å². The Kier molecular flexibility index (Phi) is 2.53. The van der Waals surface area contributed by atoms with Crippen LogP contribution in [0, 0.1) is 5.41 Å². The molecular formula is C12H21NO2. The quantitative estimate of drug-likeness (QED) is 0.774. The Bertz CT molecular complexity index is 265. The molecule has 1 N–H and O–H groups in total. The van der Waals surface area contributed by atoms with Crippen LogP contribution in [0.2, 0.25) is 0 Å². The van der Waals surface area contributed by atoms with Crippen molar-refractivity contribution in [3.63, 3.8) is 0 Å². The van der Waals surface area contributed by atoms with Gasteiger partial charge in [-0.2, -0.15) is 0 Å². The summed E-state index contributed by atoms with van der Waals surface area (Å²) in [5, 5.41) is 9.32. The van der Waals surface area contributed by atoms with Crippen LogP contribution in [-0.4, -0.2) is 34.6 Å². The molecule has 1 heterocycles. The molecule has 0 amide bonds. The fourth-order valence-electron chi connectivity index (χ4n) is 2.99. The van der Waals surface area contributed by atoms with Gasteiger partial charge in [0.2, 0.25) is 0 Å². The third-order valence-electron chi connectivity index (χ3n) is 4.36. The number of nitrogens with zero attached hydrogens (tertiary/aromatic N) is 1. The monoisotopic (exact) mass is 211 g/mol. The third-order valence-corrected chi connectivity index (χ3v) is 4.36. The zero-order valence-corrected chi connectivity index (χ0v) is 9.75. The molecule has 0 aromatic carbocycles. The highest BCUT2D eigenvalue weighted by Gasteiger charge is 2.54. The van der Waals surface area contributed by atoms with Crippen LogP contribution in [0.1, 0.15) is 46.0 Å². The zero-order chi connectivity index (χ0) is 11.1. The summed E-state index contributed by atoms with van der Waals surface area (Å²) in [5.74, 6) is -0.654. The molecule has 3 heteroatoms. The van der Waals surface area contributed by atoms with Crippen LogP contribution in [0.5, 0.6) is 0 Å². The highest BCUT2D eigenvalue weighted by atomic mass is 16.4. The Hall–Kier alpha value is -0.570. The molecule has 1 saturated carbocycles. The average molecular weight is 211 g/mol. The van der Waals surface area contributed by atoms with Crippen LogP contribution in [0.15, 0.2) is 0 Å². The van der Waals surface area contributed by atoms with Crippen molar-refractivity contribution in [3.05, 3.63) is 0 Å². The molecule has 0 radical (unpaired) electrons. The van der Waals surface area contributed by atoms with Crippen LogP contribution in [0.25, 0.3) is 0 Å². The van der Waals surface area contributed by atoms with Gasteiger partial charge in [-0.05, 0) is 31.6 Å². The lowest BCUT2D eigenvalue weighted by atomic mass is 9.62. The predicted octanol–water partition coefficient (Wildman–Crippen LogP) is 2.12. The third kappa shape index (κ3) is 1.57. The molecule has 1 atom stereocenters. The van der Waals surface area contributed by atoms with E-state index in [0.29, 0.717) is 5.41 Å². The van der Waals surface area contributed by atoms with Gasteiger partial charge in [-0.1, -0.05) is 19.8 Å². The minimum Gasteiger partial charge on any atom is -0.480 e. The highest BCUT2D eigenvalue weighted by Crippen LogP contribution is 2.50. The van der Waals surface area contributed by atoms with Crippen molar-refractivity contribution < 1.29 is 9.90 Å². The van der Waals surface area contributed by atoms with E-state index >= 15 is 0 Å². The first-order valence-electron chi connectivity index (χ1n) is 6.01. The van der Waals surface area contributed by atoms with E-state index in [1.165, 1.54) is 19.3 Å². The second-order valence-corrected chi connectivity index (χ2v) is 5.54. The van der Waals surface area contributed by atoms with Crippen LogP contribution in [0.4, 0.5) is 0 Å². The van der Waals surface area contributed by atoms with Gasteiger partial charge in [0.15, 0.2) is 0 Å². The Labute approximate surface area is 91.5 Å². The lowest BCUT2D eigenvalue weighted by Gasteiger charge is -2.60. The summed E-state index contributed by atoms with van der Waals surface area (Å²) in [4.78, 5) is 13.5. The molecule has 0 bridgehead atoms. The van der Waals surface area contributed by atoms with Gasteiger partial charge >= 0.3 is 5.97 Å². The van der Waals surface area contributed by atoms with Crippen molar-refractivity contribution in [2.45, 2.75) is 51.5 Å². The molecule has 15 heavy (non-hydrogen) atoms. The maximum Gasteiger partial charge on any atom is 0.323 e. The van der Waals surface area contributed by atoms with Crippen molar-refractivity contribution in [2.75, 3.05) is 13.1 Å². The van der Waals surface area contributed by atoms with Gasteiger partial charge in [0.25, 0.3) is 0 Å². The summed E-state index contributed by atoms with van der Waals surface area (Å²) in [6.07, 6.45) is 5.66. The number of hydrogen-bond donors (Lipinski definition) is 1. The second-order valence-electron chi connectivity index (χ2n) is 5.54. The van der Waals surface area contributed by atoms with E-state index in [4.69, 9.17) is 0 Å². The van der Waals surface area contributed by atoms with Crippen molar-refractivity contribution in [3.8, 4) is 0 Å². The molecule has 0 aromatic heterocycles. The minimum atomic E-state index is -0.654. The van der Waals surface area contributed by atoms with Gasteiger partial charge in [0.1, 0.15) is 5.54 Å². The average Bonchev–Trinajstić information content (AvgIpc) is 1.98. The van der Waals surface area contributed by atoms with Gasteiger partial charge in [-0.15, -0.1) is 0 Å². The smallest absolute Gasteiger partial charge is 0.323 e. The molecule has 1 aliphatic heterocycles. The molecule has 86 valence electrons. The zero-order valence-electron chi connectivity index (χ0n) is 9.75. The number of carboxylic acid groups (broad SMARTS) is 1. The fourth-order valence-corrected chi connectivity index (χ4v) is 2.99. The van der Waals surface area contributed by atoms with E-state index in [9.17, 15) is 9.90 Å². The number of hydrogen-bond acceptors (Lipinski definition) is 2. The minimum absolute atomic E-state index is 0.518. The van der Waals surface area contributed by atoms with Gasteiger partial charge in [0, 0.05) is 13.1 Å². The van der Waals surface area contributed by atoms with E-state index in [0.717, 1.165) is 25.9 Å². The molecule has 1 unspecified atom stereocenters. The fraction of sp³-hybridized carbons (Fsp3) is 0.917. The van der Waals surface area contributed by atoms with Crippen LogP contribution in [-0.2, 0) is 4.79 Å². The Morgan fingerprint density at radius 2 is 2.07 bits per heavy atom. The molecule has 1 aliphatic carbocycles. The largest absolute Gasteiger partial charge is 0.480 e. The molecule has 1 spiro atoms. The van der Waals surface area contributed by atoms with E-state index in [2.05, 4.69) is 11.8 Å². The van der Waals surface area contributed by atoms with E-state index in [-0.39, 0.29) is 0 Å². The lowest BCUT2D eigenvalue weighted by Crippen LogP contribution is -2.68. The number of carboxylic acids is 1. The van der Waals surface area contributed by atoms with Crippen LogP contribution >= 0.6 is 0 Å². The maximum absolute atomic E-state index is 11.3. The summed E-state index contributed by atoms with van der Waals surface area (Å²) in [6, 6.07) is 0. The molecule has 2 rings (SSSR count). The van der Waals surface area contributed by atoms with E-state index in [1.54, 1.807) is 0 Å². The Balaban J connectivity index is 1.98. The standard InChI is InChI=1S/C12H21NO2/c1-3-5-11(2,10(14)15)13-8-12(9-13)6-4-7-12/h3-9H2,1-2H3,(H,14,15). The SMILES string of the molecule is CCCC(C)(C(=O)O)N1CC2(CCC2)C1. The van der Waals surface area contributed by atoms with Gasteiger partial charge in [-0.3, -0.25) is 9.69 Å². The van der Waals surface area contributed by atoms with Gasteiger partial charge in [0.05, 0.1) is 0 Å². The van der Waals surface area contributed by atoms with Crippen molar-refractivity contribution >= 4 is 5.97 Å². The molecule has 3 nitrogen and oxygen atoms in total. The normalized spacial score (nSPS) is 27.9. The number of aliphatic carboxylic acids is 1. The van der Waals surface area contributed by atoms with E-state index in [1.807, 2.05) is 6.92 Å². The summed E-state index contributed by atoms with van der Waals surface area (Å²) in [7, 11) is 0. The number of carbonyl (C=O) groups is 1. The summed E-state index contributed by atoms with van der Waals surface area (Å²) >= 11 is 0. The van der Waals surface area contributed by atoms with E-state index < -0.39 is 11.5 Å². The van der Waals surface area contributed by atoms with Crippen LogP contribution < -0.4 is 0 Å². The summed E-state index contributed by atoms with van der Waals surface area (Å²) in [5.41, 5.74) is -0.0972. The summed E-state index contributed by atoms with van der Waals surface area (Å²) in [6.45, 7) is 5.95. The highest BCUT2D eigenvalue weighted by molar-refractivity contribution is 5.78. The summed E-state index contributed by atoms with van der Waals surface area (Å²) < 4.78 is 0. The molecule has 0 aromatic rings. The second kappa shape index (κ2) is 3.48. The first-order valence-corrected chi connectivity index (χ1v) is 6.01. The van der Waals surface area contributed by atoms with Gasteiger partial charge in [-0.25, -0.2) is 0 Å².